The number of benzene rings is 1. The number of anilines is 1. The lowest BCUT2D eigenvalue weighted by Gasteiger charge is -2.45. The first kappa shape index (κ1) is 19.3. The van der Waals surface area contributed by atoms with Gasteiger partial charge in [-0.05, 0) is 49.3 Å². The zero-order valence-corrected chi connectivity index (χ0v) is 16.6. The summed E-state index contributed by atoms with van der Waals surface area (Å²) in [6.45, 7) is 2.86. The molecule has 150 valence electrons. The number of piperidine rings is 1. The Morgan fingerprint density at radius 3 is 2.43 bits per heavy atom. The minimum Gasteiger partial charge on any atom is -0.376 e. The van der Waals surface area contributed by atoms with E-state index < -0.39 is 10.0 Å². The highest BCUT2D eigenvalue weighted by Crippen LogP contribution is 2.40. The van der Waals surface area contributed by atoms with Crippen molar-refractivity contribution in [1.82, 2.24) is 14.7 Å². The van der Waals surface area contributed by atoms with E-state index in [1.807, 2.05) is 6.07 Å². The Hall–Kier alpha value is -2.03. The van der Waals surface area contributed by atoms with Gasteiger partial charge in [-0.25, -0.2) is 23.1 Å². The molecule has 2 aromatic rings. The molecule has 8 heteroatoms. The van der Waals surface area contributed by atoms with Crippen LogP contribution in [0.3, 0.4) is 0 Å². The van der Waals surface area contributed by atoms with E-state index in [0.717, 1.165) is 44.7 Å². The summed E-state index contributed by atoms with van der Waals surface area (Å²) in [5.74, 6) is 0.794. The summed E-state index contributed by atoms with van der Waals surface area (Å²) < 4.78 is 33.5. The minimum absolute atomic E-state index is 0.0698. The fourth-order valence-corrected chi connectivity index (χ4v) is 5.08. The van der Waals surface area contributed by atoms with Gasteiger partial charge >= 0.3 is 0 Å². The molecule has 2 fully saturated rings. The smallest absolute Gasteiger partial charge is 0.240 e. The van der Waals surface area contributed by atoms with Gasteiger partial charge in [-0.1, -0.05) is 18.2 Å². The summed E-state index contributed by atoms with van der Waals surface area (Å²) >= 11 is 0. The summed E-state index contributed by atoms with van der Waals surface area (Å²) in [5.41, 5.74) is 0.195. The first-order valence-corrected chi connectivity index (χ1v) is 11.2. The second-order valence-corrected chi connectivity index (χ2v) is 9.44. The molecule has 1 aromatic carbocycles. The van der Waals surface area contributed by atoms with E-state index in [2.05, 4.69) is 19.6 Å². The standard InChI is InChI=1S/C20H26N4O3S/c25-28(26,18-5-2-1-3-6-18)23-15-17-7-8-20(16-27-17)9-13-24(14-10-20)19-21-11-4-12-22-19/h1-6,11-12,17,23H,7-10,13-16H2. The van der Waals surface area contributed by atoms with Gasteiger partial charge in [0.05, 0.1) is 17.6 Å². The van der Waals surface area contributed by atoms with E-state index in [0.29, 0.717) is 13.2 Å². The lowest BCUT2D eigenvalue weighted by atomic mass is 9.73. The molecule has 1 aromatic heterocycles. The maximum atomic E-state index is 12.4. The zero-order chi connectivity index (χ0) is 19.5. The molecule has 28 heavy (non-hydrogen) atoms. The molecular weight excluding hydrogens is 376 g/mol. The molecule has 7 nitrogen and oxygen atoms in total. The van der Waals surface area contributed by atoms with Crippen molar-refractivity contribution >= 4 is 16.0 Å². The maximum Gasteiger partial charge on any atom is 0.240 e. The van der Waals surface area contributed by atoms with E-state index in [1.54, 1.807) is 42.7 Å². The van der Waals surface area contributed by atoms with Gasteiger partial charge in [0.2, 0.25) is 16.0 Å². The van der Waals surface area contributed by atoms with Crippen molar-refractivity contribution in [2.24, 2.45) is 5.41 Å². The second kappa shape index (κ2) is 8.14. The van der Waals surface area contributed by atoms with Crippen LogP contribution in [0.15, 0.2) is 53.7 Å². The van der Waals surface area contributed by atoms with Crippen molar-refractivity contribution < 1.29 is 13.2 Å². The quantitative estimate of drug-likeness (QED) is 0.826. The molecule has 1 unspecified atom stereocenters. The third-order valence-corrected chi connectivity index (χ3v) is 7.27. The number of rotatable bonds is 5. The van der Waals surface area contributed by atoms with Crippen molar-refractivity contribution in [1.29, 1.82) is 0 Å². The predicted molar refractivity (Wildman–Crippen MR) is 107 cm³/mol. The fourth-order valence-electron chi connectivity index (χ4n) is 3.99. The molecule has 0 radical (unpaired) electrons. The Morgan fingerprint density at radius 1 is 1.07 bits per heavy atom. The van der Waals surface area contributed by atoms with Gasteiger partial charge in [0.25, 0.3) is 0 Å². The van der Waals surface area contributed by atoms with Crippen LogP contribution in [0.5, 0.6) is 0 Å². The first-order chi connectivity index (χ1) is 13.6. The van der Waals surface area contributed by atoms with Gasteiger partial charge in [0, 0.05) is 32.0 Å². The Labute approximate surface area is 166 Å². The number of hydrogen-bond acceptors (Lipinski definition) is 6. The third kappa shape index (κ3) is 4.34. The lowest BCUT2D eigenvalue weighted by Crippen LogP contribution is -2.48. The van der Waals surface area contributed by atoms with Crippen molar-refractivity contribution in [3.8, 4) is 0 Å². The number of aromatic nitrogens is 2. The van der Waals surface area contributed by atoms with Crippen LogP contribution in [-0.2, 0) is 14.8 Å². The van der Waals surface area contributed by atoms with Crippen LogP contribution in [0.4, 0.5) is 5.95 Å². The first-order valence-electron chi connectivity index (χ1n) is 9.75. The molecule has 1 N–H and O–H groups in total. The van der Waals surface area contributed by atoms with Crippen LogP contribution in [0.25, 0.3) is 0 Å². The van der Waals surface area contributed by atoms with Crippen LogP contribution < -0.4 is 9.62 Å². The van der Waals surface area contributed by atoms with Crippen molar-refractivity contribution in [3.05, 3.63) is 48.8 Å². The molecule has 0 aliphatic carbocycles. The van der Waals surface area contributed by atoms with Crippen LogP contribution in [0, 0.1) is 5.41 Å². The predicted octanol–water partition coefficient (Wildman–Crippen LogP) is 2.22. The minimum atomic E-state index is -3.48. The highest BCUT2D eigenvalue weighted by Gasteiger charge is 2.39. The Bertz CT molecular complexity index is 859. The molecule has 3 heterocycles. The zero-order valence-electron chi connectivity index (χ0n) is 15.8. The van der Waals surface area contributed by atoms with Gasteiger partial charge in [-0.2, -0.15) is 0 Å². The van der Waals surface area contributed by atoms with E-state index in [-0.39, 0.29) is 16.4 Å². The fraction of sp³-hybridized carbons (Fsp3) is 0.500. The van der Waals surface area contributed by atoms with Gasteiger partial charge in [-0.3, -0.25) is 0 Å². The number of nitrogens with zero attached hydrogens (tertiary/aromatic N) is 3. The number of nitrogens with one attached hydrogen (secondary N) is 1. The normalized spacial score (nSPS) is 22.3. The topological polar surface area (TPSA) is 84.4 Å². The molecule has 0 amide bonds. The van der Waals surface area contributed by atoms with Crippen molar-refractivity contribution in [2.75, 3.05) is 31.1 Å². The highest BCUT2D eigenvalue weighted by atomic mass is 32.2. The summed E-state index contributed by atoms with van der Waals surface area (Å²) in [6.07, 6.45) is 7.52. The van der Waals surface area contributed by atoms with Crippen molar-refractivity contribution in [3.63, 3.8) is 0 Å². The van der Waals surface area contributed by atoms with E-state index in [1.165, 1.54) is 0 Å². The van der Waals surface area contributed by atoms with Crippen LogP contribution in [0.2, 0.25) is 0 Å². The molecular formula is C20H26N4O3S. The molecule has 0 saturated carbocycles. The van der Waals surface area contributed by atoms with E-state index >= 15 is 0 Å². The van der Waals surface area contributed by atoms with Gasteiger partial charge in [0.15, 0.2) is 0 Å². The monoisotopic (exact) mass is 402 g/mol. The third-order valence-electron chi connectivity index (χ3n) is 5.84. The maximum absolute atomic E-state index is 12.4. The molecule has 2 aliphatic rings. The van der Waals surface area contributed by atoms with E-state index in [9.17, 15) is 8.42 Å². The van der Waals surface area contributed by atoms with Crippen LogP contribution in [0.1, 0.15) is 25.7 Å². The molecule has 1 atom stereocenters. The lowest BCUT2D eigenvalue weighted by molar-refractivity contribution is -0.0691. The number of sulfonamides is 1. The molecule has 1 spiro atoms. The Morgan fingerprint density at radius 2 is 1.79 bits per heavy atom. The summed E-state index contributed by atoms with van der Waals surface area (Å²) in [4.78, 5) is 11.2. The van der Waals surface area contributed by atoms with E-state index in [4.69, 9.17) is 4.74 Å². The second-order valence-electron chi connectivity index (χ2n) is 7.67. The SMILES string of the molecule is O=S(=O)(NCC1CCC2(CCN(c3ncccn3)CC2)CO1)c1ccccc1. The van der Waals surface area contributed by atoms with Crippen LogP contribution in [-0.4, -0.2) is 50.7 Å². The number of hydrogen-bond donors (Lipinski definition) is 1. The van der Waals surface area contributed by atoms with Gasteiger partial charge in [-0.15, -0.1) is 0 Å². The highest BCUT2D eigenvalue weighted by molar-refractivity contribution is 7.89. The molecule has 0 bridgehead atoms. The van der Waals surface area contributed by atoms with Gasteiger partial charge in [0.1, 0.15) is 0 Å². The average molecular weight is 403 g/mol. The van der Waals surface area contributed by atoms with Crippen LogP contribution >= 0.6 is 0 Å². The largest absolute Gasteiger partial charge is 0.376 e. The number of ether oxygens (including phenoxy) is 1. The summed E-state index contributed by atoms with van der Waals surface area (Å²) in [5, 5.41) is 0. The molecule has 4 rings (SSSR count). The summed E-state index contributed by atoms with van der Waals surface area (Å²) in [7, 11) is -3.48. The van der Waals surface area contributed by atoms with Crippen molar-refractivity contribution in [2.45, 2.75) is 36.7 Å². The molecule has 2 saturated heterocycles. The Kier molecular flexibility index (Phi) is 5.61. The molecule has 2 aliphatic heterocycles. The summed E-state index contributed by atoms with van der Waals surface area (Å²) in [6, 6.07) is 10.3. The van der Waals surface area contributed by atoms with Gasteiger partial charge < -0.3 is 9.64 Å². The Balaban J connectivity index is 1.26. The average Bonchev–Trinajstić information content (AvgIpc) is 2.75.